The highest BCUT2D eigenvalue weighted by Gasteiger charge is 2.13. The molecule has 5 heteroatoms. The molecule has 0 amide bonds. The van der Waals surface area contributed by atoms with Crippen molar-refractivity contribution in [2.75, 3.05) is 0 Å². The van der Waals surface area contributed by atoms with Gasteiger partial charge in [-0.15, -0.1) is 0 Å². The lowest BCUT2D eigenvalue weighted by molar-refractivity contribution is 0.0966. The first kappa shape index (κ1) is 13.3. The van der Waals surface area contributed by atoms with E-state index < -0.39 is 11.6 Å². The summed E-state index contributed by atoms with van der Waals surface area (Å²) in [6.45, 7) is 2.44. The minimum Gasteiger partial charge on any atom is -0.299 e. The number of carbonyl (C=O) groups excluding carboxylic acids is 1. The molecule has 1 aromatic carbocycles. The van der Waals surface area contributed by atoms with Crippen LogP contribution in [0.5, 0.6) is 0 Å². The van der Waals surface area contributed by atoms with Gasteiger partial charge in [0, 0.05) is 18.9 Å². The van der Waals surface area contributed by atoms with Crippen molar-refractivity contribution in [1.29, 1.82) is 0 Å². The molecule has 0 radical (unpaired) electrons. The second-order valence-corrected chi connectivity index (χ2v) is 4.31. The van der Waals surface area contributed by atoms with Gasteiger partial charge in [0.1, 0.15) is 5.82 Å². The van der Waals surface area contributed by atoms with Crippen LogP contribution in [0.4, 0.5) is 4.39 Å². The Morgan fingerprint density at radius 2 is 1.89 bits per heavy atom. The maximum atomic E-state index is 13.5. The van der Waals surface area contributed by atoms with Gasteiger partial charge in [0.15, 0.2) is 5.78 Å². The molecule has 0 aliphatic rings. The van der Waals surface area contributed by atoms with Gasteiger partial charge in [-0.25, -0.2) is 9.18 Å². The maximum absolute atomic E-state index is 13.5. The van der Waals surface area contributed by atoms with Gasteiger partial charge in [0.2, 0.25) is 0 Å². The summed E-state index contributed by atoms with van der Waals surface area (Å²) in [5.74, 6) is -0.969. The Labute approximate surface area is 110 Å². The largest absolute Gasteiger partial charge is 0.328 e. The molecule has 0 atom stereocenters. The van der Waals surface area contributed by atoms with Gasteiger partial charge >= 0.3 is 5.69 Å². The van der Waals surface area contributed by atoms with Crippen LogP contribution in [0.25, 0.3) is 0 Å². The predicted octanol–water partition coefficient (Wildman–Crippen LogP) is 2.08. The van der Waals surface area contributed by atoms with Gasteiger partial charge in [-0.3, -0.25) is 13.9 Å². The van der Waals surface area contributed by atoms with Crippen molar-refractivity contribution < 1.29 is 9.18 Å². The lowest BCUT2D eigenvalue weighted by Crippen LogP contribution is -2.27. The van der Waals surface area contributed by atoms with Crippen molar-refractivity contribution in [3.05, 3.63) is 58.5 Å². The van der Waals surface area contributed by atoms with E-state index in [1.54, 1.807) is 18.5 Å². The first-order valence-electron chi connectivity index (χ1n) is 6.16. The summed E-state index contributed by atoms with van der Waals surface area (Å²) in [4.78, 5) is 23.8. The molecule has 4 nitrogen and oxygen atoms in total. The molecule has 1 heterocycles. The van der Waals surface area contributed by atoms with Crippen molar-refractivity contribution in [3.8, 4) is 0 Å². The van der Waals surface area contributed by atoms with Crippen LogP contribution in [0.2, 0.25) is 0 Å². The maximum Gasteiger partial charge on any atom is 0.328 e. The van der Waals surface area contributed by atoms with E-state index >= 15 is 0 Å². The number of benzene rings is 1. The molecule has 0 aliphatic heterocycles. The van der Waals surface area contributed by atoms with E-state index in [9.17, 15) is 14.0 Å². The highest BCUT2D eigenvalue weighted by Crippen LogP contribution is 2.08. The molecule has 2 aromatic rings. The van der Waals surface area contributed by atoms with E-state index in [1.807, 2.05) is 6.92 Å². The monoisotopic (exact) mass is 262 g/mol. The minimum atomic E-state index is -0.562. The quantitative estimate of drug-likeness (QED) is 0.774. The summed E-state index contributed by atoms with van der Waals surface area (Å²) >= 11 is 0. The molecular formula is C14H15FN2O2. The predicted molar refractivity (Wildman–Crippen MR) is 69.7 cm³/mol. The van der Waals surface area contributed by atoms with E-state index in [0.29, 0.717) is 6.54 Å². The first-order chi connectivity index (χ1) is 9.13. The molecule has 0 unspecified atom stereocenters. The molecule has 100 valence electrons. The van der Waals surface area contributed by atoms with E-state index in [4.69, 9.17) is 0 Å². The Morgan fingerprint density at radius 3 is 2.58 bits per heavy atom. The van der Waals surface area contributed by atoms with Gasteiger partial charge in [-0.05, 0) is 18.6 Å². The fourth-order valence-corrected chi connectivity index (χ4v) is 1.91. The zero-order chi connectivity index (χ0) is 13.8. The average molecular weight is 262 g/mol. The summed E-state index contributed by atoms with van der Waals surface area (Å²) in [5, 5.41) is 0. The van der Waals surface area contributed by atoms with Gasteiger partial charge in [0.05, 0.1) is 12.1 Å². The molecule has 0 fully saturated rings. The first-order valence-corrected chi connectivity index (χ1v) is 6.16. The minimum absolute atomic E-state index is 0.0117. The number of carbonyl (C=O) groups is 1. The van der Waals surface area contributed by atoms with Crippen LogP contribution in [0.1, 0.15) is 23.7 Å². The summed E-state index contributed by atoms with van der Waals surface area (Å²) in [6.07, 6.45) is 4.03. The number of ketones is 1. The number of aromatic nitrogens is 2. The Kier molecular flexibility index (Phi) is 3.94. The third kappa shape index (κ3) is 2.81. The van der Waals surface area contributed by atoms with Crippen LogP contribution in [-0.4, -0.2) is 14.9 Å². The molecule has 2 rings (SSSR count). The number of hydrogen-bond donors (Lipinski definition) is 0. The number of nitrogens with zero attached hydrogens (tertiary/aromatic N) is 2. The molecular weight excluding hydrogens is 247 g/mol. The molecule has 0 spiro atoms. The highest BCUT2D eigenvalue weighted by atomic mass is 19.1. The smallest absolute Gasteiger partial charge is 0.299 e. The SMILES string of the molecule is CCCn1ccn(CC(=O)c2ccccc2F)c1=O. The average Bonchev–Trinajstić information content (AvgIpc) is 2.72. The lowest BCUT2D eigenvalue weighted by atomic mass is 10.1. The Morgan fingerprint density at radius 1 is 1.21 bits per heavy atom. The normalized spacial score (nSPS) is 10.6. The summed E-state index contributed by atoms with van der Waals surface area (Å²) in [5.41, 5.74) is -0.232. The van der Waals surface area contributed by atoms with E-state index in [0.717, 1.165) is 6.42 Å². The second-order valence-electron chi connectivity index (χ2n) is 4.31. The van der Waals surface area contributed by atoms with Gasteiger partial charge < -0.3 is 0 Å². The number of rotatable bonds is 5. The second kappa shape index (κ2) is 5.65. The van der Waals surface area contributed by atoms with Gasteiger partial charge in [-0.2, -0.15) is 0 Å². The molecule has 0 bridgehead atoms. The Balaban J connectivity index is 2.20. The van der Waals surface area contributed by atoms with Crippen molar-refractivity contribution in [2.45, 2.75) is 26.4 Å². The summed E-state index contributed by atoms with van der Waals surface area (Å²) in [6, 6.07) is 5.78. The van der Waals surface area contributed by atoms with Crippen molar-refractivity contribution >= 4 is 5.78 Å². The zero-order valence-corrected chi connectivity index (χ0v) is 10.7. The van der Waals surface area contributed by atoms with Crippen LogP contribution in [0.15, 0.2) is 41.5 Å². The molecule has 0 saturated carbocycles. The number of imidazole rings is 1. The van der Waals surface area contributed by atoms with Crippen LogP contribution in [0, 0.1) is 5.82 Å². The van der Waals surface area contributed by atoms with Crippen LogP contribution in [0.3, 0.4) is 0 Å². The molecule has 0 aliphatic carbocycles. The number of Topliss-reactive ketones (excluding diaryl/α,β-unsaturated/α-hetero) is 1. The highest BCUT2D eigenvalue weighted by molar-refractivity contribution is 5.96. The summed E-state index contributed by atoms with van der Waals surface area (Å²) in [7, 11) is 0. The topological polar surface area (TPSA) is 44.0 Å². The van der Waals surface area contributed by atoms with Gasteiger partial charge in [-0.1, -0.05) is 19.1 Å². The van der Waals surface area contributed by atoms with Crippen LogP contribution < -0.4 is 5.69 Å². The third-order valence-corrected chi connectivity index (χ3v) is 2.87. The van der Waals surface area contributed by atoms with E-state index in [-0.39, 0.29) is 17.8 Å². The van der Waals surface area contributed by atoms with E-state index in [1.165, 1.54) is 27.3 Å². The molecule has 0 N–H and O–H groups in total. The van der Waals surface area contributed by atoms with E-state index in [2.05, 4.69) is 0 Å². The Bertz CT molecular complexity index is 643. The van der Waals surface area contributed by atoms with Gasteiger partial charge in [0.25, 0.3) is 0 Å². The lowest BCUT2D eigenvalue weighted by Gasteiger charge is -2.03. The van der Waals surface area contributed by atoms with Crippen LogP contribution >= 0.6 is 0 Å². The standard InChI is InChI=1S/C14H15FN2O2/c1-2-7-16-8-9-17(14(16)19)10-13(18)11-5-3-4-6-12(11)15/h3-6,8-9H,2,7,10H2,1H3. The van der Waals surface area contributed by atoms with Crippen molar-refractivity contribution in [3.63, 3.8) is 0 Å². The zero-order valence-electron chi connectivity index (χ0n) is 10.7. The fourth-order valence-electron chi connectivity index (χ4n) is 1.91. The molecule has 19 heavy (non-hydrogen) atoms. The number of halogens is 1. The summed E-state index contributed by atoms with van der Waals surface area (Å²) < 4.78 is 16.3. The van der Waals surface area contributed by atoms with Crippen molar-refractivity contribution in [1.82, 2.24) is 9.13 Å². The van der Waals surface area contributed by atoms with Crippen LogP contribution in [-0.2, 0) is 13.1 Å². The fraction of sp³-hybridized carbons (Fsp3) is 0.286. The molecule has 0 saturated heterocycles. The number of hydrogen-bond acceptors (Lipinski definition) is 2. The Hall–Kier alpha value is -2.17. The number of aryl methyl sites for hydroxylation is 1. The molecule has 1 aromatic heterocycles. The third-order valence-electron chi connectivity index (χ3n) is 2.87. The van der Waals surface area contributed by atoms with Crippen molar-refractivity contribution in [2.24, 2.45) is 0 Å².